The standard InChI is InChI=1S/C26H32N4O4S/c1-16(2)15-30-24(18(4)34-23-12-10-22(33-6)11-13-23)28-29-26(30)35-19(5)25(32)27-21-9-7-8-20(14-21)17(3)31/h7-14,16,18-19H,15H2,1-6H3,(H,27,32). The number of amides is 1. The summed E-state index contributed by atoms with van der Waals surface area (Å²) in [5.41, 5.74) is 1.14. The number of ketones is 1. The number of nitrogens with one attached hydrogen (secondary N) is 1. The first kappa shape index (κ1) is 26.3. The lowest BCUT2D eigenvalue weighted by Crippen LogP contribution is -2.23. The Labute approximate surface area is 210 Å². The highest BCUT2D eigenvalue weighted by molar-refractivity contribution is 8.00. The zero-order valence-corrected chi connectivity index (χ0v) is 21.8. The van der Waals surface area contributed by atoms with Crippen molar-refractivity contribution >= 4 is 29.1 Å². The molecular formula is C26H32N4O4S. The normalized spacial score (nSPS) is 12.8. The lowest BCUT2D eigenvalue weighted by atomic mass is 10.1. The third-order valence-electron chi connectivity index (χ3n) is 5.22. The highest BCUT2D eigenvalue weighted by atomic mass is 32.2. The topological polar surface area (TPSA) is 95.3 Å². The predicted molar refractivity (Wildman–Crippen MR) is 137 cm³/mol. The minimum absolute atomic E-state index is 0.0520. The number of anilines is 1. The molecule has 1 aromatic heterocycles. The number of ether oxygens (including phenoxy) is 2. The smallest absolute Gasteiger partial charge is 0.237 e. The Morgan fingerprint density at radius 3 is 2.34 bits per heavy atom. The Morgan fingerprint density at radius 2 is 1.71 bits per heavy atom. The van der Waals surface area contributed by atoms with Crippen LogP contribution in [0.2, 0.25) is 0 Å². The summed E-state index contributed by atoms with van der Waals surface area (Å²) in [5, 5.41) is 11.9. The predicted octanol–water partition coefficient (Wildman–Crippen LogP) is 5.40. The minimum atomic E-state index is -0.434. The Hall–Kier alpha value is -3.33. The van der Waals surface area contributed by atoms with Crippen LogP contribution < -0.4 is 14.8 Å². The molecule has 9 heteroatoms. The Bertz CT molecular complexity index is 1160. The molecule has 35 heavy (non-hydrogen) atoms. The Kier molecular flexibility index (Phi) is 8.92. The van der Waals surface area contributed by atoms with E-state index in [1.807, 2.05) is 42.7 Å². The first-order valence-electron chi connectivity index (χ1n) is 11.5. The van der Waals surface area contributed by atoms with E-state index in [1.54, 1.807) is 31.4 Å². The second-order valence-electron chi connectivity index (χ2n) is 8.67. The number of rotatable bonds is 11. The van der Waals surface area contributed by atoms with E-state index in [-0.39, 0.29) is 17.8 Å². The lowest BCUT2D eigenvalue weighted by Gasteiger charge is -2.19. The highest BCUT2D eigenvalue weighted by Crippen LogP contribution is 2.29. The number of methoxy groups -OCH3 is 1. The number of thioether (sulfide) groups is 1. The van der Waals surface area contributed by atoms with Crippen molar-refractivity contribution in [2.75, 3.05) is 12.4 Å². The summed E-state index contributed by atoms with van der Waals surface area (Å²) in [5.74, 6) is 2.26. The molecule has 1 N–H and O–H groups in total. The summed E-state index contributed by atoms with van der Waals surface area (Å²) in [7, 11) is 1.62. The molecule has 0 aliphatic carbocycles. The van der Waals surface area contributed by atoms with E-state index in [0.29, 0.717) is 40.4 Å². The van der Waals surface area contributed by atoms with Crippen LogP contribution in [0.5, 0.6) is 11.5 Å². The maximum Gasteiger partial charge on any atom is 0.237 e. The molecule has 1 amide bonds. The van der Waals surface area contributed by atoms with E-state index in [2.05, 4.69) is 29.4 Å². The van der Waals surface area contributed by atoms with Gasteiger partial charge < -0.3 is 19.4 Å². The van der Waals surface area contributed by atoms with E-state index < -0.39 is 5.25 Å². The number of benzene rings is 2. The molecule has 8 nitrogen and oxygen atoms in total. The summed E-state index contributed by atoms with van der Waals surface area (Å²) in [6, 6.07) is 14.3. The first-order valence-corrected chi connectivity index (χ1v) is 12.4. The zero-order chi connectivity index (χ0) is 25.5. The summed E-state index contributed by atoms with van der Waals surface area (Å²) < 4.78 is 13.3. The largest absolute Gasteiger partial charge is 0.497 e. The van der Waals surface area contributed by atoms with Gasteiger partial charge in [-0.15, -0.1) is 10.2 Å². The van der Waals surface area contributed by atoms with Gasteiger partial charge in [-0.05, 0) is 63.1 Å². The van der Waals surface area contributed by atoms with Gasteiger partial charge in [0.05, 0.1) is 12.4 Å². The second kappa shape index (κ2) is 11.9. The SMILES string of the molecule is COc1ccc(OC(C)c2nnc(SC(C)C(=O)Nc3cccc(C(C)=O)c3)n2CC(C)C)cc1. The molecule has 0 aliphatic rings. The van der Waals surface area contributed by atoms with Crippen LogP contribution in [-0.4, -0.2) is 38.8 Å². The maximum atomic E-state index is 12.9. The molecule has 0 fully saturated rings. The van der Waals surface area contributed by atoms with Crippen LogP contribution >= 0.6 is 11.8 Å². The van der Waals surface area contributed by atoms with Crippen molar-refractivity contribution in [3.63, 3.8) is 0 Å². The molecule has 0 saturated carbocycles. The number of Topliss-reactive ketones (excluding diaryl/α,β-unsaturated/α-hetero) is 1. The average Bonchev–Trinajstić information content (AvgIpc) is 3.21. The fourth-order valence-corrected chi connectivity index (χ4v) is 4.27. The van der Waals surface area contributed by atoms with Gasteiger partial charge in [0.2, 0.25) is 5.91 Å². The van der Waals surface area contributed by atoms with Gasteiger partial charge in [0.1, 0.15) is 11.5 Å². The molecule has 3 aromatic rings. The summed E-state index contributed by atoms with van der Waals surface area (Å²) in [6.45, 7) is 10.2. The number of carbonyl (C=O) groups is 2. The molecule has 2 aromatic carbocycles. The average molecular weight is 497 g/mol. The lowest BCUT2D eigenvalue weighted by molar-refractivity contribution is -0.115. The van der Waals surface area contributed by atoms with E-state index >= 15 is 0 Å². The minimum Gasteiger partial charge on any atom is -0.497 e. The number of aromatic nitrogens is 3. The number of hydrogen-bond acceptors (Lipinski definition) is 7. The van der Waals surface area contributed by atoms with Crippen molar-refractivity contribution in [2.45, 2.75) is 57.7 Å². The third-order valence-corrected chi connectivity index (χ3v) is 6.30. The van der Waals surface area contributed by atoms with Crippen molar-refractivity contribution in [3.05, 3.63) is 59.9 Å². The summed E-state index contributed by atoms with van der Waals surface area (Å²) >= 11 is 1.34. The van der Waals surface area contributed by atoms with Gasteiger partial charge in [-0.3, -0.25) is 9.59 Å². The first-order chi connectivity index (χ1) is 16.7. The molecule has 0 bridgehead atoms. The van der Waals surface area contributed by atoms with Gasteiger partial charge in [-0.25, -0.2) is 0 Å². The fourth-order valence-electron chi connectivity index (χ4n) is 3.41. The molecule has 0 aliphatic heterocycles. The third kappa shape index (κ3) is 7.08. The molecule has 0 radical (unpaired) electrons. The van der Waals surface area contributed by atoms with Crippen molar-refractivity contribution in [1.29, 1.82) is 0 Å². The van der Waals surface area contributed by atoms with Crippen molar-refractivity contribution < 1.29 is 19.1 Å². The number of carbonyl (C=O) groups excluding carboxylic acids is 2. The van der Waals surface area contributed by atoms with Crippen molar-refractivity contribution in [1.82, 2.24) is 14.8 Å². The van der Waals surface area contributed by atoms with Crippen LogP contribution in [-0.2, 0) is 11.3 Å². The molecule has 1 heterocycles. The Balaban J connectivity index is 1.74. The van der Waals surface area contributed by atoms with Crippen LogP contribution in [0.1, 0.15) is 56.9 Å². The van der Waals surface area contributed by atoms with Crippen LogP contribution in [0, 0.1) is 5.92 Å². The highest BCUT2D eigenvalue weighted by Gasteiger charge is 2.24. The van der Waals surface area contributed by atoms with Gasteiger partial charge in [0.15, 0.2) is 22.9 Å². The van der Waals surface area contributed by atoms with Gasteiger partial charge >= 0.3 is 0 Å². The van der Waals surface area contributed by atoms with Gasteiger partial charge in [0.25, 0.3) is 0 Å². The molecular weight excluding hydrogens is 464 g/mol. The van der Waals surface area contributed by atoms with Crippen LogP contribution in [0.25, 0.3) is 0 Å². The van der Waals surface area contributed by atoms with E-state index in [4.69, 9.17) is 9.47 Å². The molecule has 2 atom stereocenters. The molecule has 2 unspecified atom stereocenters. The van der Waals surface area contributed by atoms with Crippen LogP contribution in [0.4, 0.5) is 5.69 Å². The molecule has 0 saturated heterocycles. The quantitative estimate of drug-likeness (QED) is 0.280. The zero-order valence-electron chi connectivity index (χ0n) is 20.9. The van der Waals surface area contributed by atoms with Gasteiger partial charge in [-0.1, -0.05) is 37.7 Å². The monoisotopic (exact) mass is 496 g/mol. The number of hydrogen-bond donors (Lipinski definition) is 1. The van der Waals surface area contributed by atoms with Crippen molar-refractivity contribution in [3.8, 4) is 11.5 Å². The summed E-state index contributed by atoms with van der Waals surface area (Å²) in [6.07, 6.45) is -0.345. The second-order valence-corrected chi connectivity index (χ2v) is 9.98. The van der Waals surface area contributed by atoms with E-state index in [0.717, 1.165) is 5.75 Å². The van der Waals surface area contributed by atoms with Crippen molar-refractivity contribution in [2.24, 2.45) is 5.92 Å². The van der Waals surface area contributed by atoms with Crippen LogP contribution in [0.3, 0.4) is 0 Å². The van der Waals surface area contributed by atoms with Gasteiger partial charge in [0, 0.05) is 17.8 Å². The molecule has 186 valence electrons. The van der Waals surface area contributed by atoms with Gasteiger partial charge in [-0.2, -0.15) is 0 Å². The van der Waals surface area contributed by atoms with E-state index in [1.165, 1.54) is 18.7 Å². The fraction of sp³-hybridized carbons (Fsp3) is 0.385. The molecule has 3 rings (SSSR count). The Morgan fingerprint density at radius 1 is 1.03 bits per heavy atom. The van der Waals surface area contributed by atoms with E-state index in [9.17, 15) is 9.59 Å². The molecule has 0 spiro atoms. The maximum absolute atomic E-state index is 12.9. The van der Waals surface area contributed by atoms with Crippen LogP contribution in [0.15, 0.2) is 53.7 Å². The summed E-state index contributed by atoms with van der Waals surface area (Å²) in [4.78, 5) is 24.5. The number of nitrogens with zero attached hydrogens (tertiary/aromatic N) is 3.